The molecule has 1 aliphatic rings. The van der Waals surface area contributed by atoms with Crippen LogP contribution in [0.3, 0.4) is 0 Å². The van der Waals surface area contributed by atoms with E-state index in [-0.39, 0.29) is 0 Å². The van der Waals surface area contributed by atoms with Crippen molar-refractivity contribution in [1.82, 2.24) is 9.55 Å². The average molecular weight is 486 g/mol. The molecular formula is C24H34Cl2N2O2S. The van der Waals surface area contributed by atoms with Crippen LogP contribution in [0, 0.1) is 0 Å². The molecule has 1 heterocycles. The smallest absolute Gasteiger partial charge is 0.167 e. The molecule has 31 heavy (non-hydrogen) atoms. The Kier molecular flexibility index (Phi) is 9.18. The molecule has 1 fully saturated rings. The van der Waals surface area contributed by atoms with Gasteiger partial charge in [0.2, 0.25) is 0 Å². The van der Waals surface area contributed by atoms with Crippen molar-refractivity contribution in [2.45, 2.75) is 80.6 Å². The summed E-state index contributed by atoms with van der Waals surface area (Å²) in [4.78, 5) is 5.89. The lowest BCUT2D eigenvalue weighted by atomic mass is 9.95. The van der Waals surface area contributed by atoms with Gasteiger partial charge < -0.3 is 14.0 Å². The van der Waals surface area contributed by atoms with Gasteiger partial charge in [-0.3, -0.25) is 0 Å². The van der Waals surface area contributed by atoms with Crippen LogP contribution in [-0.4, -0.2) is 34.3 Å². The third-order valence-electron chi connectivity index (χ3n) is 5.97. The maximum Gasteiger partial charge on any atom is 0.167 e. The quantitative estimate of drug-likeness (QED) is 0.369. The number of benzene rings is 1. The van der Waals surface area contributed by atoms with Crippen molar-refractivity contribution >= 4 is 35.0 Å². The Bertz CT molecular complexity index is 838. The minimum atomic E-state index is -0.517. The number of hydrogen-bond donors (Lipinski definition) is 0. The largest absolute Gasteiger partial charge is 0.353 e. The molecule has 0 spiro atoms. The fourth-order valence-electron chi connectivity index (χ4n) is 4.10. The van der Waals surface area contributed by atoms with E-state index in [0.29, 0.717) is 27.8 Å². The second-order valence-electron chi connectivity index (χ2n) is 8.69. The molecule has 0 aliphatic heterocycles. The number of ether oxygens (including phenoxy) is 2. The lowest BCUT2D eigenvalue weighted by Crippen LogP contribution is -2.37. The number of imidazole rings is 1. The first-order valence-electron chi connectivity index (χ1n) is 11.1. The van der Waals surface area contributed by atoms with E-state index in [1.165, 1.54) is 6.42 Å². The third kappa shape index (κ3) is 7.13. The van der Waals surface area contributed by atoms with E-state index < -0.39 is 5.79 Å². The Hall–Kier alpha value is -0.720. The number of thioether (sulfide) groups is 1. The SMILES string of the molecule is COC1(OCCc2nc(C(C)C)cn2C)CCCCC(Sc2cc(Cl)cc(Cl)c2)CC1. The van der Waals surface area contributed by atoms with Crippen LogP contribution in [-0.2, 0) is 22.9 Å². The number of halogens is 2. The summed E-state index contributed by atoms with van der Waals surface area (Å²) in [5.41, 5.74) is 1.13. The molecule has 2 aromatic rings. The molecule has 1 saturated carbocycles. The monoisotopic (exact) mass is 484 g/mol. The van der Waals surface area contributed by atoms with Crippen LogP contribution in [0.15, 0.2) is 29.3 Å². The fraction of sp³-hybridized carbons (Fsp3) is 0.625. The van der Waals surface area contributed by atoms with Crippen molar-refractivity contribution in [2.75, 3.05) is 13.7 Å². The first kappa shape index (κ1) is 24.9. The zero-order chi connectivity index (χ0) is 22.4. The first-order chi connectivity index (χ1) is 14.8. The Morgan fingerprint density at radius 2 is 1.90 bits per heavy atom. The number of aromatic nitrogens is 2. The fourth-order valence-corrected chi connectivity index (χ4v) is 6.05. The van der Waals surface area contributed by atoms with Gasteiger partial charge in [0.05, 0.1) is 12.3 Å². The third-order valence-corrected chi connectivity index (χ3v) is 7.71. The van der Waals surface area contributed by atoms with E-state index >= 15 is 0 Å². The molecule has 1 aliphatic carbocycles. The highest BCUT2D eigenvalue weighted by molar-refractivity contribution is 8.00. The molecular weight excluding hydrogens is 451 g/mol. The molecule has 0 amide bonds. The van der Waals surface area contributed by atoms with Gasteiger partial charge in [0.15, 0.2) is 5.79 Å². The van der Waals surface area contributed by atoms with E-state index in [1.54, 1.807) is 13.2 Å². The van der Waals surface area contributed by atoms with Gasteiger partial charge in [-0.1, -0.05) is 43.5 Å². The summed E-state index contributed by atoms with van der Waals surface area (Å²) < 4.78 is 14.5. The second-order valence-corrected chi connectivity index (χ2v) is 10.9. The molecule has 0 saturated heterocycles. The molecule has 2 unspecified atom stereocenters. The zero-order valence-electron chi connectivity index (χ0n) is 19.0. The minimum Gasteiger partial charge on any atom is -0.353 e. The Morgan fingerprint density at radius 1 is 1.16 bits per heavy atom. The van der Waals surface area contributed by atoms with Crippen LogP contribution >= 0.6 is 35.0 Å². The molecule has 172 valence electrons. The standard InChI is InChI=1S/C24H34Cl2N2O2S/c1-17(2)22-16-28(3)23(27-22)9-12-30-24(29-4)10-6-5-7-20(8-11-24)31-21-14-18(25)13-19(26)15-21/h13-17,20H,5-12H2,1-4H3. The Balaban J connectivity index is 1.58. The maximum absolute atomic E-state index is 6.39. The molecule has 7 heteroatoms. The van der Waals surface area contributed by atoms with E-state index in [2.05, 4.69) is 31.7 Å². The highest BCUT2D eigenvalue weighted by atomic mass is 35.5. The summed E-state index contributed by atoms with van der Waals surface area (Å²) in [5, 5.41) is 1.87. The summed E-state index contributed by atoms with van der Waals surface area (Å²) in [6.45, 7) is 4.95. The molecule has 3 rings (SSSR count). The van der Waals surface area contributed by atoms with Crippen LogP contribution in [0.2, 0.25) is 10.0 Å². The van der Waals surface area contributed by atoms with E-state index in [4.69, 9.17) is 37.7 Å². The summed E-state index contributed by atoms with van der Waals surface area (Å²) in [6.07, 6.45) is 9.19. The highest BCUT2D eigenvalue weighted by Gasteiger charge is 2.33. The number of methoxy groups -OCH3 is 1. The van der Waals surface area contributed by atoms with Crippen LogP contribution in [0.5, 0.6) is 0 Å². The van der Waals surface area contributed by atoms with Crippen molar-refractivity contribution in [2.24, 2.45) is 7.05 Å². The number of aryl methyl sites for hydroxylation is 1. The van der Waals surface area contributed by atoms with Gasteiger partial charge in [0.1, 0.15) is 5.82 Å². The molecule has 0 N–H and O–H groups in total. The van der Waals surface area contributed by atoms with Gasteiger partial charge in [0.25, 0.3) is 0 Å². The molecule has 0 radical (unpaired) electrons. The van der Waals surface area contributed by atoms with E-state index in [1.807, 2.05) is 23.9 Å². The summed E-state index contributed by atoms with van der Waals surface area (Å²) in [7, 11) is 3.83. The normalized spacial score (nSPS) is 22.5. The van der Waals surface area contributed by atoms with Gasteiger partial charge in [0, 0.05) is 59.8 Å². The summed E-state index contributed by atoms with van der Waals surface area (Å²) in [5.74, 6) is 0.977. The van der Waals surface area contributed by atoms with Gasteiger partial charge in [-0.15, -0.1) is 11.8 Å². The molecule has 4 nitrogen and oxygen atoms in total. The van der Waals surface area contributed by atoms with E-state index in [9.17, 15) is 0 Å². The Labute approximate surface area is 201 Å². The van der Waals surface area contributed by atoms with Crippen molar-refractivity contribution < 1.29 is 9.47 Å². The van der Waals surface area contributed by atoms with Crippen LogP contribution in [0.1, 0.15) is 69.8 Å². The first-order valence-corrected chi connectivity index (χ1v) is 12.8. The van der Waals surface area contributed by atoms with Gasteiger partial charge in [-0.2, -0.15) is 0 Å². The maximum atomic E-state index is 6.39. The second kappa shape index (κ2) is 11.4. The molecule has 0 bridgehead atoms. The average Bonchev–Trinajstić information content (AvgIpc) is 3.07. The molecule has 1 aromatic carbocycles. The van der Waals surface area contributed by atoms with Gasteiger partial charge in [-0.05, 0) is 43.4 Å². The summed E-state index contributed by atoms with van der Waals surface area (Å²) in [6, 6.07) is 5.77. The number of hydrogen-bond acceptors (Lipinski definition) is 4. The lowest BCUT2D eigenvalue weighted by Gasteiger charge is -2.35. The van der Waals surface area contributed by atoms with Crippen molar-refractivity contribution in [3.8, 4) is 0 Å². The van der Waals surface area contributed by atoms with Crippen molar-refractivity contribution in [1.29, 1.82) is 0 Å². The lowest BCUT2D eigenvalue weighted by molar-refractivity contribution is -0.232. The number of rotatable bonds is 8. The van der Waals surface area contributed by atoms with Crippen molar-refractivity contribution in [3.63, 3.8) is 0 Å². The predicted octanol–water partition coefficient (Wildman–Crippen LogP) is 7.27. The zero-order valence-corrected chi connectivity index (χ0v) is 21.3. The van der Waals surface area contributed by atoms with Crippen molar-refractivity contribution in [3.05, 3.63) is 46.0 Å². The molecule has 1 aromatic heterocycles. The van der Waals surface area contributed by atoms with Gasteiger partial charge in [-0.25, -0.2) is 4.98 Å². The predicted molar refractivity (Wildman–Crippen MR) is 131 cm³/mol. The minimum absolute atomic E-state index is 0.431. The highest BCUT2D eigenvalue weighted by Crippen LogP contribution is 2.38. The van der Waals surface area contributed by atoms with Crippen LogP contribution < -0.4 is 0 Å². The summed E-state index contributed by atoms with van der Waals surface area (Å²) >= 11 is 14.2. The topological polar surface area (TPSA) is 36.3 Å². The van der Waals surface area contributed by atoms with Crippen LogP contribution in [0.25, 0.3) is 0 Å². The molecule has 2 atom stereocenters. The Morgan fingerprint density at radius 3 is 2.55 bits per heavy atom. The van der Waals surface area contributed by atoms with Crippen LogP contribution in [0.4, 0.5) is 0 Å². The van der Waals surface area contributed by atoms with E-state index in [0.717, 1.165) is 54.9 Å². The van der Waals surface area contributed by atoms with Gasteiger partial charge >= 0.3 is 0 Å². The number of nitrogens with zero attached hydrogens (tertiary/aromatic N) is 2.